The van der Waals surface area contributed by atoms with E-state index in [1.165, 1.54) is 64.2 Å². The molecule has 0 saturated carbocycles. The molecule has 0 heterocycles. The van der Waals surface area contributed by atoms with Crippen LogP contribution in [-0.4, -0.2) is 40.6 Å². The summed E-state index contributed by atoms with van der Waals surface area (Å²) in [4.78, 5) is 10.2. The summed E-state index contributed by atoms with van der Waals surface area (Å²) in [5, 5.41) is 8.40. The van der Waals surface area contributed by atoms with E-state index >= 15 is 0 Å². The van der Waals surface area contributed by atoms with Crippen LogP contribution in [0.5, 0.6) is 0 Å². The van der Waals surface area contributed by atoms with E-state index in [0.29, 0.717) is 0 Å². The number of aliphatic carboxylic acids is 1. The molecular formula is C14H28NaO2. The number of hydrogen-bond donors (Lipinski definition) is 1. The summed E-state index contributed by atoms with van der Waals surface area (Å²) in [6.07, 6.45) is 15.1. The molecule has 0 fully saturated rings. The molecule has 3 heteroatoms. The van der Waals surface area contributed by atoms with Gasteiger partial charge in [-0.2, -0.15) is 0 Å². The first-order chi connectivity index (χ1) is 7.77. The van der Waals surface area contributed by atoms with Gasteiger partial charge in [0.2, 0.25) is 0 Å². The van der Waals surface area contributed by atoms with Crippen molar-refractivity contribution in [3.05, 3.63) is 6.42 Å². The summed E-state index contributed by atoms with van der Waals surface area (Å²) in [6.45, 7) is 2.24. The van der Waals surface area contributed by atoms with E-state index in [9.17, 15) is 4.79 Å². The molecule has 17 heavy (non-hydrogen) atoms. The third kappa shape index (κ3) is 19.0. The minimum atomic E-state index is -0.782. The predicted octanol–water partition coefficient (Wildman–Crippen LogP) is 3.94. The molecule has 0 aliphatic heterocycles. The van der Waals surface area contributed by atoms with E-state index in [1.54, 1.807) is 0 Å². The van der Waals surface area contributed by atoms with Crippen LogP contribution < -0.4 is 0 Å². The zero-order valence-corrected chi connectivity index (χ0v) is 10.7. The average Bonchev–Trinajstić information content (AvgIpc) is 2.25. The molecule has 2 nitrogen and oxygen atoms in total. The van der Waals surface area contributed by atoms with Crippen molar-refractivity contribution in [3.8, 4) is 0 Å². The maximum absolute atomic E-state index is 10.2. The topological polar surface area (TPSA) is 37.3 Å². The van der Waals surface area contributed by atoms with Gasteiger partial charge >= 0.3 is 35.5 Å². The summed E-state index contributed by atoms with van der Waals surface area (Å²) in [6, 6.07) is 0. The monoisotopic (exact) mass is 251 g/mol. The van der Waals surface area contributed by atoms with Crippen LogP contribution >= 0.6 is 0 Å². The average molecular weight is 251 g/mol. The summed E-state index contributed by atoms with van der Waals surface area (Å²) in [7, 11) is 0. The summed E-state index contributed by atoms with van der Waals surface area (Å²) >= 11 is 0. The fourth-order valence-corrected chi connectivity index (χ4v) is 1.86. The van der Waals surface area contributed by atoms with Crippen molar-refractivity contribution in [1.29, 1.82) is 0 Å². The molecule has 0 aromatic rings. The second-order valence-electron chi connectivity index (χ2n) is 4.51. The molecule has 0 bridgehead atoms. The number of hydrogen-bond acceptors (Lipinski definition) is 1. The second kappa shape index (κ2) is 16.5. The molecule has 0 saturated heterocycles. The Kier molecular flexibility index (Phi) is 19.2. The van der Waals surface area contributed by atoms with Crippen LogP contribution in [0.25, 0.3) is 0 Å². The van der Waals surface area contributed by atoms with E-state index in [0.717, 1.165) is 12.8 Å². The second-order valence-corrected chi connectivity index (χ2v) is 4.51. The molecule has 0 aliphatic carbocycles. The van der Waals surface area contributed by atoms with Crippen LogP contribution in [0.4, 0.5) is 0 Å². The molecule has 0 atom stereocenters. The van der Waals surface area contributed by atoms with E-state index in [4.69, 9.17) is 5.11 Å². The predicted molar refractivity (Wildman–Crippen MR) is 75.5 cm³/mol. The van der Waals surface area contributed by atoms with Gasteiger partial charge in [0.15, 0.2) is 0 Å². The third-order valence-corrected chi connectivity index (χ3v) is 2.88. The Morgan fingerprint density at radius 2 is 1.29 bits per heavy atom. The van der Waals surface area contributed by atoms with Crippen molar-refractivity contribution < 1.29 is 9.90 Å². The molecule has 0 amide bonds. The van der Waals surface area contributed by atoms with E-state index in [1.807, 2.05) is 0 Å². The molecule has 97 valence electrons. The first-order valence-corrected chi connectivity index (χ1v) is 6.83. The number of carboxylic acids is 1. The number of unbranched alkanes of at least 4 members (excludes halogenated alkanes) is 10. The van der Waals surface area contributed by atoms with Crippen molar-refractivity contribution >= 4 is 35.5 Å². The molecule has 0 spiro atoms. The van der Waals surface area contributed by atoms with Crippen LogP contribution in [-0.2, 0) is 4.79 Å². The van der Waals surface area contributed by atoms with Gasteiger partial charge in [0.1, 0.15) is 0 Å². The summed E-state index contributed by atoms with van der Waals surface area (Å²) in [5.41, 5.74) is 0. The van der Waals surface area contributed by atoms with Crippen LogP contribution in [0.15, 0.2) is 0 Å². The fourth-order valence-electron chi connectivity index (χ4n) is 1.86. The maximum atomic E-state index is 10.2. The molecular weight excluding hydrogens is 223 g/mol. The van der Waals surface area contributed by atoms with Gasteiger partial charge in [0.25, 0.3) is 0 Å². The fraction of sp³-hybridized carbons (Fsp3) is 0.857. The minimum absolute atomic E-state index is 0. The van der Waals surface area contributed by atoms with Gasteiger partial charge in [-0.15, -0.1) is 0 Å². The van der Waals surface area contributed by atoms with Gasteiger partial charge in [-0.05, 0) is 6.42 Å². The van der Waals surface area contributed by atoms with Crippen LogP contribution in [0.1, 0.15) is 77.6 Å². The molecule has 0 unspecified atom stereocenters. The van der Waals surface area contributed by atoms with Crippen molar-refractivity contribution in [2.45, 2.75) is 77.6 Å². The Morgan fingerprint density at radius 3 is 1.71 bits per heavy atom. The van der Waals surface area contributed by atoms with Crippen molar-refractivity contribution in [2.75, 3.05) is 0 Å². The van der Waals surface area contributed by atoms with Gasteiger partial charge in [0.05, 0.1) is 6.42 Å². The molecule has 1 radical (unpaired) electrons. The summed E-state index contributed by atoms with van der Waals surface area (Å²) in [5.74, 6) is -0.782. The van der Waals surface area contributed by atoms with Gasteiger partial charge < -0.3 is 5.11 Å². The van der Waals surface area contributed by atoms with Crippen LogP contribution in [0.2, 0.25) is 0 Å². The van der Waals surface area contributed by atoms with Crippen LogP contribution in [0, 0.1) is 6.42 Å². The summed E-state index contributed by atoms with van der Waals surface area (Å²) < 4.78 is 0. The van der Waals surface area contributed by atoms with Crippen molar-refractivity contribution in [3.63, 3.8) is 0 Å². The Balaban J connectivity index is 0. The zero-order valence-electron chi connectivity index (χ0n) is 10.7. The van der Waals surface area contributed by atoms with E-state index in [2.05, 4.69) is 6.92 Å². The Hall–Kier alpha value is 0.470. The number of rotatable bonds is 12. The number of carbonyl (C=O) groups is 1. The first-order valence-electron chi connectivity index (χ1n) is 6.83. The third-order valence-electron chi connectivity index (χ3n) is 2.88. The van der Waals surface area contributed by atoms with Gasteiger partial charge in [-0.25, -0.2) is 0 Å². The quantitative estimate of drug-likeness (QED) is 0.421. The van der Waals surface area contributed by atoms with Crippen molar-refractivity contribution in [1.82, 2.24) is 0 Å². The van der Waals surface area contributed by atoms with E-state index < -0.39 is 5.97 Å². The Morgan fingerprint density at radius 1 is 0.882 bits per heavy atom. The molecule has 1 N–H and O–H groups in total. The molecule has 0 aliphatic rings. The SMILES string of the molecule is CCCCCCCCCCCC[CH]C(=O)O.[NaH]. The van der Waals surface area contributed by atoms with Crippen molar-refractivity contribution in [2.24, 2.45) is 0 Å². The Bertz CT molecular complexity index is 160. The number of carboxylic acid groups (broad SMARTS) is 1. The van der Waals surface area contributed by atoms with Gasteiger partial charge in [0, 0.05) is 0 Å². The first kappa shape index (κ1) is 19.8. The molecule has 0 aromatic heterocycles. The van der Waals surface area contributed by atoms with Gasteiger partial charge in [-0.1, -0.05) is 71.1 Å². The molecule has 0 rings (SSSR count). The Labute approximate surface area is 129 Å². The normalized spacial score (nSPS) is 9.94. The van der Waals surface area contributed by atoms with E-state index in [-0.39, 0.29) is 29.6 Å². The van der Waals surface area contributed by atoms with Crippen LogP contribution in [0.3, 0.4) is 0 Å². The zero-order chi connectivity index (χ0) is 12.1. The standard InChI is InChI=1S/C14H27O2.Na.H/c1-2-3-4-5-6-7-8-9-10-11-12-13-14(15)16;;/h13H,2-12H2,1H3,(H,15,16);;. The molecule has 0 aromatic carbocycles. The van der Waals surface area contributed by atoms with Gasteiger partial charge in [-0.3, -0.25) is 4.79 Å².